The zero-order valence-corrected chi connectivity index (χ0v) is 14.0. The number of ether oxygens (including phenoxy) is 1. The Morgan fingerprint density at radius 3 is 2.35 bits per heavy atom. The number of hydrogen-bond donors (Lipinski definition) is 3. The van der Waals surface area contributed by atoms with Crippen molar-refractivity contribution < 1.29 is 14.3 Å². The van der Waals surface area contributed by atoms with E-state index in [0.29, 0.717) is 13.0 Å². The Balaban J connectivity index is 2.48. The molecule has 2 atom stereocenters. The molecule has 0 fully saturated rings. The summed E-state index contributed by atoms with van der Waals surface area (Å²) >= 11 is 0. The minimum Gasteiger partial charge on any atom is -0.374 e. The Morgan fingerprint density at radius 2 is 1.83 bits per heavy atom. The zero-order valence-electron chi connectivity index (χ0n) is 14.0. The summed E-state index contributed by atoms with van der Waals surface area (Å²) in [5.74, 6) is -1.04. The molecular formula is C17H27N3O3. The smallest absolute Gasteiger partial charge is 0.242 e. The van der Waals surface area contributed by atoms with Crippen molar-refractivity contribution in [1.29, 1.82) is 0 Å². The van der Waals surface area contributed by atoms with Gasteiger partial charge in [-0.25, -0.2) is 0 Å². The third-order valence-corrected chi connectivity index (χ3v) is 3.23. The maximum Gasteiger partial charge on any atom is 0.242 e. The molecule has 6 heteroatoms. The van der Waals surface area contributed by atoms with Crippen LogP contribution < -0.4 is 16.8 Å². The quantitative estimate of drug-likeness (QED) is 0.662. The maximum absolute atomic E-state index is 12.1. The van der Waals surface area contributed by atoms with E-state index in [9.17, 15) is 9.59 Å². The molecule has 0 aliphatic rings. The fraction of sp³-hybridized carbons (Fsp3) is 0.529. The predicted molar refractivity (Wildman–Crippen MR) is 89.3 cm³/mol. The van der Waals surface area contributed by atoms with Gasteiger partial charge >= 0.3 is 0 Å². The number of rotatable bonds is 8. The van der Waals surface area contributed by atoms with Crippen LogP contribution in [0.1, 0.15) is 32.8 Å². The second kappa shape index (κ2) is 8.64. The highest BCUT2D eigenvalue weighted by atomic mass is 16.5. The van der Waals surface area contributed by atoms with Gasteiger partial charge in [-0.2, -0.15) is 0 Å². The van der Waals surface area contributed by atoms with Crippen molar-refractivity contribution in [2.75, 3.05) is 6.61 Å². The number of primary amides is 1. The molecule has 0 saturated carbocycles. The van der Waals surface area contributed by atoms with E-state index in [-0.39, 0.29) is 12.0 Å². The second-order valence-corrected chi connectivity index (χ2v) is 6.84. The average Bonchev–Trinajstić information content (AvgIpc) is 2.45. The zero-order chi connectivity index (χ0) is 17.5. The number of carbonyl (C=O) groups is 2. The number of nitrogens with one attached hydrogen (secondary N) is 1. The van der Waals surface area contributed by atoms with Crippen LogP contribution in [0.25, 0.3) is 0 Å². The van der Waals surface area contributed by atoms with Gasteiger partial charge < -0.3 is 21.5 Å². The highest BCUT2D eigenvalue weighted by Crippen LogP contribution is 2.19. The molecule has 0 aliphatic heterocycles. The van der Waals surface area contributed by atoms with E-state index in [1.807, 2.05) is 51.1 Å². The lowest BCUT2D eigenvalue weighted by atomic mass is 9.88. The van der Waals surface area contributed by atoms with Gasteiger partial charge in [-0.3, -0.25) is 9.59 Å². The molecule has 0 spiro atoms. The molecule has 0 saturated heterocycles. The highest BCUT2D eigenvalue weighted by Gasteiger charge is 2.25. The van der Waals surface area contributed by atoms with Crippen molar-refractivity contribution in [3.8, 4) is 0 Å². The average molecular weight is 321 g/mol. The van der Waals surface area contributed by atoms with Gasteiger partial charge in [0, 0.05) is 0 Å². The minimum absolute atomic E-state index is 0.0121. The van der Waals surface area contributed by atoms with E-state index in [1.165, 1.54) is 0 Å². The summed E-state index contributed by atoms with van der Waals surface area (Å²) in [7, 11) is 0. The molecule has 1 rings (SSSR count). The van der Waals surface area contributed by atoms with Gasteiger partial charge in [0.25, 0.3) is 0 Å². The second-order valence-electron chi connectivity index (χ2n) is 6.84. The van der Waals surface area contributed by atoms with Crippen LogP contribution in [-0.4, -0.2) is 30.5 Å². The standard InChI is InChI=1S/C17H27N3O3/c1-17(2,3)9-13(18)16(22)20-14(15(19)21)11-23-10-12-7-5-4-6-8-12/h4-8,13-14H,9-11,18H2,1-3H3,(H2,19,21)(H,20,22)/t13-,14-/m0/s1. The number of hydrogen-bond acceptors (Lipinski definition) is 4. The summed E-state index contributed by atoms with van der Waals surface area (Å²) in [6.45, 7) is 6.34. The van der Waals surface area contributed by atoms with E-state index in [2.05, 4.69) is 5.32 Å². The van der Waals surface area contributed by atoms with Crippen LogP contribution in [0.3, 0.4) is 0 Å². The Labute approximate surface area is 137 Å². The number of benzene rings is 1. The lowest BCUT2D eigenvalue weighted by molar-refractivity contribution is -0.130. The molecule has 2 amide bonds. The molecule has 0 radical (unpaired) electrons. The van der Waals surface area contributed by atoms with Crippen molar-refractivity contribution >= 4 is 11.8 Å². The van der Waals surface area contributed by atoms with Crippen molar-refractivity contribution in [1.82, 2.24) is 5.32 Å². The van der Waals surface area contributed by atoms with Crippen LogP contribution in [0.4, 0.5) is 0 Å². The van der Waals surface area contributed by atoms with E-state index in [0.717, 1.165) is 5.56 Å². The summed E-state index contributed by atoms with van der Waals surface area (Å²) in [4.78, 5) is 23.5. The first-order valence-corrected chi connectivity index (χ1v) is 7.66. The van der Waals surface area contributed by atoms with Gasteiger partial charge in [-0.15, -0.1) is 0 Å². The van der Waals surface area contributed by atoms with Crippen LogP contribution in [0, 0.1) is 5.41 Å². The third-order valence-electron chi connectivity index (χ3n) is 3.23. The lowest BCUT2D eigenvalue weighted by Crippen LogP contribution is -2.53. The van der Waals surface area contributed by atoms with Crippen LogP contribution in [-0.2, 0) is 20.9 Å². The molecule has 1 aromatic rings. The van der Waals surface area contributed by atoms with Crippen LogP contribution in [0.5, 0.6) is 0 Å². The summed E-state index contributed by atoms with van der Waals surface area (Å²) in [5, 5.41) is 2.56. The number of nitrogens with two attached hydrogens (primary N) is 2. The normalized spacial score (nSPS) is 14.1. The third kappa shape index (κ3) is 7.76. The molecule has 23 heavy (non-hydrogen) atoms. The maximum atomic E-state index is 12.1. The van der Waals surface area contributed by atoms with Crippen LogP contribution in [0.15, 0.2) is 30.3 Å². The van der Waals surface area contributed by atoms with E-state index in [4.69, 9.17) is 16.2 Å². The SMILES string of the molecule is CC(C)(C)C[C@H](N)C(=O)N[C@@H](COCc1ccccc1)C(N)=O. The van der Waals surface area contributed by atoms with Gasteiger partial charge in [0.1, 0.15) is 6.04 Å². The summed E-state index contributed by atoms with van der Waals surface area (Å²) in [5.41, 5.74) is 12.1. The molecule has 128 valence electrons. The lowest BCUT2D eigenvalue weighted by Gasteiger charge is -2.24. The Bertz CT molecular complexity index is 512. The first-order chi connectivity index (χ1) is 10.7. The predicted octanol–water partition coefficient (Wildman–Crippen LogP) is 0.937. The summed E-state index contributed by atoms with van der Waals surface area (Å²) in [6.07, 6.45) is 0.509. The molecule has 0 bridgehead atoms. The van der Waals surface area contributed by atoms with Gasteiger partial charge in [0.2, 0.25) is 11.8 Å². The molecule has 1 aromatic carbocycles. The molecular weight excluding hydrogens is 294 g/mol. The Kier molecular flexibility index (Phi) is 7.19. The number of amides is 2. The van der Waals surface area contributed by atoms with Crippen molar-refractivity contribution in [3.05, 3.63) is 35.9 Å². The van der Waals surface area contributed by atoms with Crippen molar-refractivity contribution in [2.24, 2.45) is 16.9 Å². The fourth-order valence-electron chi connectivity index (χ4n) is 2.09. The fourth-order valence-corrected chi connectivity index (χ4v) is 2.09. The molecule has 6 nitrogen and oxygen atoms in total. The van der Waals surface area contributed by atoms with Crippen LogP contribution >= 0.6 is 0 Å². The summed E-state index contributed by atoms with van der Waals surface area (Å²) < 4.78 is 5.47. The van der Waals surface area contributed by atoms with Crippen molar-refractivity contribution in [3.63, 3.8) is 0 Å². The van der Waals surface area contributed by atoms with Crippen molar-refractivity contribution in [2.45, 2.75) is 45.9 Å². The Morgan fingerprint density at radius 1 is 1.22 bits per heavy atom. The molecule has 0 aromatic heterocycles. The van der Waals surface area contributed by atoms with Gasteiger partial charge in [-0.05, 0) is 17.4 Å². The van der Waals surface area contributed by atoms with E-state index in [1.54, 1.807) is 0 Å². The van der Waals surface area contributed by atoms with Gasteiger partial charge in [0.05, 0.1) is 19.3 Å². The van der Waals surface area contributed by atoms with Gasteiger partial charge in [-0.1, -0.05) is 51.1 Å². The first kappa shape index (κ1) is 19.1. The molecule has 0 unspecified atom stereocenters. The van der Waals surface area contributed by atoms with Gasteiger partial charge in [0.15, 0.2) is 0 Å². The molecule has 0 aliphatic carbocycles. The molecule has 0 heterocycles. The van der Waals surface area contributed by atoms with Crippen LogP contribution in [0.2, 0.25) is 0 Å². The number of carbonyl (C=O) groups excluding carboxylic acids is 2. The molecule has 5 N–H and O–H groups in total. The Hall–Kier alpha value is -1.92. The largest absolute Gasteiger partial charge is 0.374 e. The highest BCUT2D eigenvalue weighted by molar-refractivity contribution is 5.89. The topological polar surface area (TPSA) is 107 Å². The first-order valence-electron chi connectivity index (χ1n) is 7.66. The van der Waals surface area contributed by atoms with E-state index >= 15 is 0 Å². The minimum atomic E-state index is -0.891. The summed E-state index contributed by atoms with van der Waals surface area (Å²) in [6, 6.07) is 7.96. The van der Waals surface area contributed by atoms with E-state index < -0.39 is 23.9 Å². The monoisotopic (exact) mass is 321 g/mol.